The Labute approximate surface area is 133 Å². The Bertz CT molecular complexity index is 614. The van der Waals surface area contributed by atoms with E-state index in [2.05, 4.69) is 31.9 Å². The highest BCUT2D eigenvalue weighted by Gasteiger charge is 2.14. The molecule has 0 bridgehead atoms. The van der Waals surface area contributed by atoms with Crippen LogP contribution in [0.4, 0.5) is 5.69 Å². The summed E-state index contributed by atoms with van der Waals surface area (Å²) in [5, 5.41) is 11.6. The molecule has 0 aromatic heterocycles. The van der Waals surface area contributed by atoms with Crippen LogP contribution in [0.3, 0.4) is 0 Å². The van der Waals surface area contributed by atoms with E-state index in [9.17, 15) is 10.1 Å². The summed E-state index contributed by atoms with van der Waals surface area (Å²) in [7, 11) is 0. The first kappa shape index (κ1) is 15.0. The number of rotatable bonds is 5. The monoisotopic (exact) mass is 399 g/mol. The molecule has 4 nitrogen and oxygen atoms in total. The smallest absolute Gasteiger partial charge is 0.283 e. The van der Waals surface area contributed by atoms with Gasteiger partial charge in [0.25, 0.3) is 5.69 Å². The van der Waals surface area contributed by atoms with Crippen LogP contribution < -0.4 is 4.74 Å². The molecule has 0 N–H and O–H groups in total. The van der Waals surface area contributed by atoms with Gasteiger partial charge in [0.1, 0.15) is 16.8 Å². The minimum Gasteiger partial charge on any atom is -0.489 e. The van der Waals surface area contributed by atoms with Crippen LogP contribution in [0.15, 0.2) is 46.9 Å². The number of ether oxygens (including phenoxy) is 1. The van der Waals surface area contributed by atoms with Crippen LogP contribution in [0.25, 0.3) is 0 Å². The molecule has 0 amide bonds. The lowest BCUT2D eigenvalue weighted by molar-refractivity contribution is -0.385. The SMILES string of the molecule is O=[N+]([O-])c1cccc(COc2ccc(CBr)cc2)c1Br. The van der Waals surface area contributed by atoms with Crippen LogP contribution in [0.5, 0.6) is 5.75 Å². The molecule has 0 unspecified atom stereocenters. The Balaban J connectivity index is 2.10. The van der Waals surface area contributed by atoms with Gasteiger partial charge in [-0.15, -0.1) is 0 Å². The van der Waals surface area contributed by atoms with Crippen LogP contribution in [-0.4, -0.2) is 4.92 Å². The molecule has 6 heteroatoms. The molecule has 20 heavy (non-hydrogen) atoms. The molecular weight excluding hydrogens is 390 g/mol. The standard InChI is InChI=1S/C14H11Br2NO3/c15-8-10-4-6-12(7-5-10)20-9-11-2-1-3-13(14(11)16)17(18)19/h1-7H,8-9H2. The summed E-state index contributed by atoms with van der Waals surface area (Å²) in [5.74, 6) is 0.730. The van der Waals surface area contributed by atoms with Gasteiger partial charge in [0.15, 0.2) is 0 Å². The van der Waals surface area contributed by atoms with Crippen LogP contribution in [-0.2, 0) is 11.9 Å². The first-order valence-corrected chi connectivity index (χ1v) is 7.72. The van der Waals surface area contributed by atoms with E-state index >= 15 is 0 Å². The number of nitro benzene ring substituents is 1. The fourth-order valence-corrected chi connectivity index (χ4v) is 2.55. The van der Waals surface area contributed by atoms with Gasteiger partial charge in [-0.25, -0.2) is 0 Å². The van der Waals surface area contributed by atoms with E-state index in [1.807, 2.05) is 24.3 Å². The van der Waals surface area contributed by atoms with E-state index in [-0.39, 0.29) is 12.3 Å². The van der Waals surface area contributed by atoms with Crippen molar-refractivity contribution in [2.24, 2.45) is 0 Å². The Morgan fingerprint density at radius 2 is 1.85 bits per heavy atom. The van der Waals surface area contributed by atoms with Crippen LogP contribution in [0.2, 0.25) is 0 Å². The lowest BCUT2D eigenvalue weighted by Crippen LogP contribution is -1.99. The molecule has 2 aromatic rings. The summed E-state index contributed by atoms with van der Waals surface area (Å²) >= 11 is 6.63. The molecule has 0 radical (unpaired) electrons. The third-order valence-corrected chi connectivity index (χ3v) is 4.29. The van der Waals surface area contributed by atoms with E-state index in [0.29, 0.717) is 4.47 Å². The Hall–Kier alpha value is -1.40. The van der Waals surface area contributed by atoms with Gasteiger partial charge >= 0.3 is 0 Å². The average molecular weight is 401 g/mol. The third kappa shape index (κ3) is 3.58. The van der Waals surface area contributed by atoms with Crippen LogP contribution in [0, 0.1) is 10.1 Å². The highest BCUT2D eigenvalue weighted by molar-refractivity contribution is 9.10. The van der Waals surface area contributed by atoms with Crippen LogP contribution >= 0.6 is 31.9 Å². The Morgan fingerprint density at radius 1 is 1.15 bits per heavy atom. The quantitative estimate of drug-likeness (QED) is 0.410. The van der Waals surface area contributed by atoms with Gasteiger partial charge in [0, 0.05) is 17.0 Å². The molecule has 0 saturated heterocycles. The molecule has 0 aliphatic heterocycles. The maximum atomic E-state index is 10.8. The van der Waals surface area contributed by atoms with Crippen molar-refractivity contribution < 1.29 is 9.66 Å². The zero-order valence-corrected chi connectivity index (χ0v) is 13.6. The zero-order valence-electron chi connectivity index (χ0n) is 10.4. The second-order valence-electron chi connectivity index (χ2n) is 4.07. The molecule has 0 aliphatic carbocycles. The lowest BCUT2D eigenvalue weighted by atomic mass is 10.2. The third-order valence-electron chi connectivity index (χ3n) is 2.73. The first-order chi connectivity index (χ1) is 9.61. The van der Waals surface area contributed by atoms with Crippen molar-refractivity contribution in [2.75, 3.05) is 0 Å². The van der Waals surface area contributed by atoms with Crippen LogP contribution in [0.1, 0.15) is 11.1 Å². The van der Waals surface area contributed by atoms with Gasteiger partial charge in [-0.2, -0.15) is 0 Å². The maximum Gasteiger partial charge on any atom is 0.283 e. The normalized spacial score (nSPS) is 10.3. The highest BCUT2D eigenvalue weighted by atomic mass is 79.9. The summed E-state index contributed by atoms with van der Waals surface area (Å²) in [6.45, 7) is 0.274. The largest absolute Gasteiger partial charge is 0.489 e. The summed E-state index contributed by atoms with van der Waals surface area (Å²) in [6.07, 6.45) is 0. The molecule has 0 spiro atoms. The summed E-state index contributed by atoms with van der Waals surface area (Å²) in [5.41, 5.74) is 1.94. The molecule has 0 atom stereocenters. The van der Waals surface area contributed by atoms with E-state index in [1.165, 1.54) is 6.07 Å². The minimum atomic E-state index is -0.418. The van der Waals surface area contributed by atoms with Crippen molar-refractivity contribution in [3.05, 3.63) is 68.2 Å². The van der Waals surface area contributed by atoms with Crippen molar-refractivity contribution in [1.29, 1.82) is 0 Å². The number of alkyl halides is 1. The molecule has 0 heterocycles. The van der Waals surface area contributed by atoms with Crippen molar-refractivity contribution in [3.63, 3.8) is 0 Å². The Kier molecular flexibility index (Phi) is 5.14. The number of hydrogen-bond acceptors (Lipinski definition) is 3. The minimum absolute atomic E-state index is 0.0423. The maximum absolute atomic E-state index is 10.8. The van der Waals surface area contributed by atoms with Gasteiger partial charge < -0.3 is 4.74 Å². The first-order valence-electron chi connectivity index (χ1n) is 5.81. The summed E-state index contributed by atoms with van der Waals surface area (Å²) < 4.78 is 6.10. The average Bonchev–Trinajstić information content (AvgIpc) is 2.46. The molecule has 0 aliphatic rings. The van der Waals surface area contributed by atoms with E-state index in [0.717, 1.165) is 22.2 Å². The van der Waals surface area contributed by atoms with Crippen molar-refractivity contribution in [3.8, 4) is 5.75 Å². The molecule has 2 rings (SSSR count). The molecule has 104 valence electrons. The number of benzene rings is 2. The van der Waals surface area contributed by atoms with Gasteiger partial charge in [-0.05, 0) is 33.6 Å². The second-order valence-corrected chi connectivity index (χ2v) is 5.43. The number of nitro groups is 1. The molecule has 2 aromatic carbocycles. The van der Waals surface area contributed by atoms with Crippen molar-refractivity contribution in [2.45, 2.75) is 11.9 Å². The zero-order chi connectivity index (χ0) is 14.5. The number of nitrogens with zero attached hydrogens (tertiary/aromatic N) is 1. The molecule has 0 fully saturated rings. The van der Waals surface area contributed by atoms with E-state index < -0.39 is 4.92 Å². The highest BCUT2D eigenvalue weighted by Crippen LogP contribution is 2.29. The fraction of sp³-hybridized carbons (Fsp3) is 0.143. The van der Waals surface area contributed by atoms with Crippen molar-refractivity contribution >= 4 is 37.5 Å². The number of hydrogen-bond donors (Lipinski definition) is 0. The van der Waals surface area contributed by atoms with Crippen molar-refractivity contribution in [1.82, 2.24) is 0 Å². The topological polar surface area (TPSA) is 52.4 Å². The molecular formula is C14H11Br2NO3. The summed E-state index contributed by atoms with van der Waals surface area (Å²) in [4.78, 5) is 10.4. The Morgan fingerprint density at radius 3 is 2.45 bits per heavy atom. The predicted molar refractivity (Wildman–Crippen MR) is 84.2 cm³/mol. The molecule has 0 saturated carbocycles. The summed E-state index contributed by atoms with van der Waals surface area (Å²) in [6, 6.07) is 12.6. The predicted octanol–water partition coefficient (Wildman–Crippen LogP) is 4.83. The van der Waals surface area contributed by atoms with Gasteiger partial charge in [0.2, 0.25) is 0 Å². The number of halogens is 2. The second kappa shape index (κ2) is 6.85. The van der Waals surface area contributed by atoms with Gasteiger partial charge in [-0.1, -0.05) is 40.2 Å². The van der Waals surface area contributed by atoms with E-state index in [1.54, 1.807) is 12.1 Å². The lowest BCUT2D eigenvalue weighted by Gasteiger charge is -2.08. The fourth-order valence-electron chi connectivity index (χ4n) is 1.65. The van der Waals surface area contributed by atoms with Gasteiger partial charge in [0.05, 0.1) is 4.92 Å². The van der Waals surface area contributed by atoms with Gasteiger partial charge in [-0.3, -0.25) is 10.1 Å². The van der Waals surface area contributed by atoms with E-state index in [4.69, 9.17) is 4.74 Å².